The number of aromatic nitrogens is 4. The lowest BCUT2D eigenvalue weighted by Crippen LogP contribution is -2.37. The van der Waals surface area contributed by atoms with Gasteiger partial charge in [0.1, 0.15) is 18.4 Å². The normalized spacial score (nSPS) is 21.5. The largest absolute Gasteiger partial charge is 0.381 e. The minimum Gasteiger partial charge on any atom is -0.381 e. The summed E-state index contributed by atoms with van der Waals surface area (Å²) >= 11 is 0. The predicted octanol–water partition coefficient (Wildman–Crippen LogP) is 4.71. The fraction of sp³-hybridized carbons (Fsp3) is 0.320. The number of H-pyrrole nitrogens is 2. The molecule has 0 aliphatic carbocycles. The second-order valence-corrected chi connectivity index (χ2v) is 8.89. The minimum absolute atomic E-state index is 0.0254. The van der Waals surface area contributed by atoms with Crippen LogP contribution in [0.1, 0.15) is 42.0 Å². The van der Waals surface area contributed by atoms with Crippen molar-refractivity contribution < 1.29 is 18.1 Å². The SMILES string of the molecule is C=[N+]1C(c2nc(-c3ccc(F)cc3)n[nH]2)Cc2c([nH]c3cc(F)ccc23)C1C1CCOCC1. The molecule has 2 unspecified atom stereocenters. The highest BCUT2D eigenvalue weighted by molar-refractivity contribution is 5.85. The van der Waals surface area contributed by atoms with Gasteiger partial charge in [0.15, 0.2) is 17.7 Å². The fourth-order valence-electron chi connectivity index (χ4n) is 5.33. The third kappa shape index (κ3) is 3.45. The molecule has 0 amide bonds. The maximum absolute atomic E-state index is 14.0. The number of fused-ring (bicyclic) bond motifs is 3. The first-order valence-electron chi connectivity index (χ1n) is 11.2. The summed E-state index contributed by atoms with van der Waals surface area (Å²) in [5.74, 6) is 1.03. The van der Waals surface area contributed by atoms with Gasteiger partial charge in [-0.1, -0.05) is 0 Å². The van der Waals surface area contributed by atoms with E-state index in [1.165, 1.54) is 23.8 Å². The highest BCUT2D eigenvalue weighted by Gasteiger charge is 2.45. The van der Waals surface area contributed by atoms with E-state index in [4.69, 9.17) is 9.72 Å². The third-order valence-electron chi connectivity index (χ3n) is 6.99. The number of benzene rings is 2. The van der Waals surface area contributed by atoms with Gasteiger partial charge in [0, 0.05) is 42.0 Å². The summed E-state index contributed by atoms with van der Waals surface area (Å²) in [6.07, 6.45) is 2.54. The van der Waals surface area contributed by atoms with Gasteiger partial charge in [0.05, 0.1) is 5.69 Å². The van der Waals surface area contributed by atoms with E-state index in [-0.39, 0.29) is 23.7 Å². The number of ether oxygens (including phenoxy) is 1. The number of nitrogens with one attached hydrogen (secondary N) is 2. The lowest BCUT2D eigenvalue weighted by atomic mass is 9.82. The molecule has 0 radical (unpaired) electrons. The smallest absolute Gasteiger partial charge is 0.215 e. The Morgan fingerprint density at radius 1 is 1.03 bits per heavy atom. The van der Waals surface area contributed by atoms with Crippen LogP contribution in [0.15, 0.2) is 42.5 Å². The molecule has 4 aromatic rings. The summed E-state index contributed by atoms with van der Waals surface area (Å²) in [5.41, 5.74) is 3.82. The standard InChI is InChI=1S/C25H24F2N5O/c1-32-21(25-29-24(30-31-25)15-2-4-16(26)5-3-15)13-19-18-7-6-17(27)12-20(18)28-22(19)23(32)14-8-10-33-11-9-14/h2-7,12,14,21,23,28H,1,8-11,13H2,(H,29,30,31)/q+1. The molecule has 168 valence electrons. The molecule has 4 heterocycles. The number of hydrogen-bond donors (Lipinski definition) is 2. The Hall–Kier alpha value is -3.39. The molecule has 8 heteroatoms. The van der Waals surface area contributed by atoms with Crippen LogP contribution in [0.2, 0.25) is 0 Å². The summed E-state index contributed by atoms with van der Waals surface area (Å²) in [6.45, 7) is 5.90. The molecule has 1 saturated heterocycles. The van der Waals surface area contributed by atoms with Crippen LogP contribution in [0, 0.1) is 17.6 Å². The molecule has 0 saturated carbocycles. The van der Waals surface area contributed by atoms with Crippen molar-refractivity contribution in [1.29, 1.82) is 0 Å². The van der Waals surface area contributed by atoms with Crippen LogP contribution in [-0.2, 0) is 11.2 Å². The molecule has 0 spiro atoms. The number of nitrogens with zero attached hydrogens (tertiary/aromatic N) is 3. The van der Waals surface area contributed by atoms with Gasteiger partial charge >= 0.3 is 0 Å². The van der Waals surface area contributed by atoms with Gasteiger partial charge in [0.25, 0.3) is 0 Å². The molecule has 2 aliphatic heterocycles. The lowest BCUT2D eigenvalue weighted by molar-refractivity contribution is -0.621. The van der Waals surface area contributed by atoms with Crippen molar-refractivity contribution in [3.8, 4) is 11.4 Å². The third-order valence-corrected chi connectivity index (χ3v) is 6.99. The molecule has 2 aromatic carbocycles. The van der Waals surface area contributed by atoms with Gasteiger partial charge in [0.2, 0.25) is 6.04 Å². The summed E-state index contributed by atoms with van der Waals surface area (Å²) in [5, 5.41) is 8.51. The van der Waals surface area contributed by atoms with E-state index in [0.29, 0.717) is 24.0 Å². The highest BCUT2D eigenvalue weighted by atomic mass is 19.1. The Labute approximate surface area is 189 Å². The number of hydrogen-bond acceptors (Lipinski definition) is 3. The Balaban J connectivity index is 1.43. The van der Waals surface area contributed by atoms with Crippen LogP contribution in [0.3, 0.4) is 0 Å². The molecule has 0 bridgehead atoms. The molecule has 6 rings (SSSR count). The minimum atomic E-state index is -0.298. The molecule has 1 fully saturated rings. The average Bonchev–Trinajstić information content (AvgIpc) is 3.44. The van der Waals surface area contributed by atoms with E-state index in [0.717, 1.165) is 48.2 Å². The molecular weight excluding hydrogens is 424 g/mol. The molecule has 2 aromatic heterocycles. The first-order valence-corrected chi connectivity index (χ1v) is 11.2. The Morgan fingerprint density at radius 2 is 1.79 bits per heavy atom. The summed E-state index contributed by atoms with van der Waals surface area (Å²) in [4.78, 5) is 8.25. The zero-order chi connectivity index (χ0) is 22.5. The van der Waals surface area contributed by atoms with E-state index < -0.39 is 0 Å². The maximum atomic E-state index is 14.0. The summed E-state index contributed by atoms with van der Waals surface area (Å²) in [6, 6.07) is 10.9. The zero-order valence-corrected chi connectivity index (χ0v) is 18.0. The zero-order valence-electron chi connectivity index (χ0n) is 18.0. The first-order chi connectivity index (χ1) is 16.1. The summed E-state index contributed by atoms with van der Waals surface area (Å²) in [7, 11) is 0. The Bertz CT molecular complexity index is 1340. The quantitative estimate of drug-likeness (QED) is 0.446. The number of halogens is 2. The van der Waals surface area contributed by atoms with Crippen molar-refractivity contribution in [2.45, 2.75) is 31.3 Å². The predicted molar refractivity (Wildman–Crippen MR) is 120 cm³/mol. The Kier molecular flexibility index (Phi) is 4.83. The van der Waals surface area contributed by atoms with E-state index >= 15 is 0 Å². The van der Waals surface area contributed by atoms with E-state index in [1.807, 2.05) is 6.07 Å². The maximum Gasteiger partial charge on any atom is 0.215 e. The van der Waals surface area contributed by atoms with Crippen molar-refractivity contribution in [3.05, 3.63) is 71.2 Å². The van der Waals surface area contributed by atoms with Crippen molar-refractivity contribution in [2.75, 3.05) is 13.2 Å². The number of aromatic amines is 2. The van der Waals surface area contributed by atoms with Crippen molar-refractivity contribution >= 4 is 17.6 Å². The van der Waals surface area contributed by atoms with E-state index in [1.54, 1.807) is 18.2 Å². The molecular formula is C25H24F2N5O+. The van der Waals surface area contributed by atoms with Gasteiger partial charge in [-0.05, 0) is 60.9 Å². The fourth-order valence-corrected chi connectivity index (χ4v) is 5.33. The van der Waals surface area contributed by atoms with E-state index in [2.05, 4.69) is 26.5 Å². The van der Waals surface area contributed by atoms with Crippen LogP contribution in [0.4, 0.5) is 8.78 Å². The molecule has 33 heavy (non-hydrogen) atoms. The van der Waals surface area contributed by atoms with Crippen molar-refractivity contribution in [2.24, 2.45) is 5.92 Å². The first kappa shape index (κ1) is 20.2. The van der Waals surface area contributed by atoms with Crippen LogP contribution < -0.4 is 0 Å². The highest BCUT2D eigenvalue weighted by Crippen LogP contribution is 2.44. The van der Waals surface area contributed by atoms with Crippen LogP contribution in [-0.4, -0.2) is 44.7 Å². The molecule has 2 aliphatic rings. The molecule has 2 N–H and O–H groups in total. The van der Waals surface area contributed by atoms with Gasteiger partial charge in [-0.2, -0.15) is 5.10 Å². The second-order valence-electron chi connectivity index (χ2n) is 8.89. The van der Waals surface area contributed by atoms with E-state index in [9.17, 15) is 8.78 Å². The van der Waals surface area contributed by atoms with Gasteiger partial charge in [-0.25, -0.2) is 18.3 Å². The molecule has 2 atom stereocenters. The number of rotatable bonds is 3. The summed E-state index contributed by atoms with van der Waals surface area (Å²) < 4.78 is 35.0. The van der Waals surface area contributed by atoms with Crippen LogP contribution in [0.25, 0.3) is 22.3 Å². The second kappa shape index (κ2) is 7.88. The van der Waals surface area contributed by atoms with Crippen molar-refractivity contribution in [1.82, 2.24) is 20.2 Å². The van der Waals surface area contributed by atoms with Gasteiger partial charge in [-0.3, -0.25) is 5.10 Å². The monoisotopic (exact) mass is 448 g/mol. The van der Waals surface area contributed by atoms with Crippen LogP contribution >= 0.6 is 0 Å². The van der Waals surface area contributed by atoms with Crippen molar-refractivity contribution in [3.63, 3.8) is 0 Å². The Morgan fingerprint density at radius 3 is 2.58 bits per heavy atom. The lowest BCUT2D eigenvalue weighted by Gasteiger charge is -2.33. The average molecular weight is 448 g/mol. The van der Waals surface area contributed by atoms with Gasteiger partial charge in [-0.15, -0.1) is 0 Å². The van der Waals surface area contributed by atoms with Gasteiger partial charge < -0.3 is 9.72 Å². The molecule has 6 nitrogen and oxygen atoms in total. The topological polar surface area (TPSA) is 69.6 Å². The van der Waals surface area contributed by atoms with Crippen LogP contribution in [0.5, 0.6) is 0 Å².